The van der Waals surface area contributed by atoms with Crippen molar-refractivity contribution in [3.8, 4) is 16.9 Å². The van der Waals surface area contributed by atoms with Gasteiger partial charge in [0.2, 0.25) is 0 Å². The Balaban J connectivity index is 2.16. The van der Waals surface area contributed by atoms with E-state index < -0.39 is 0 Å². The van der Waals surface area contributed by atoms with Crippen molar-refractivity contribution in [2.75, 3.05) is 5.73 Å². The minimum atomic E-state index is 0.672. The van der Waals surface area contributed by atoms with Crippen molar-refractivity contribution in [1.82, 2.24) is 9.78 Å². The van der Waals surface area contributed by atoms with Crippen molar-refractivity contribution in [2.45, 2.75) is 0 Å². The Kier molecular flexibility index (Phi) is 3.25. The number of nitrogens with two attached hydrogens (primary N) is 1. The van der Waals surface area contributed by atoms with Crippen LogP contribution in [0.15, 0.2) is 60.7 Å². The maximum Gasteiger partial charge on any atom is 0.141 e. The van der Waals surface area contributed by atoms with Crippen LogP contribution in [0.5, 0.6) is 0 Å². The van der Waals surface area contributed by atoms with E-state index >= 15 is 0 Å². The van der Waals surface area contributed by atoms with Gasteiger partial charge in [-0.1, -0.05) is 48.5 Å². The summed E-state index contributed by atoms with van der Waals surface area (Å²) in [6.45, 7) is 0. The molecule has 0 aliphatic carbocycles. The zero-order chi connectivity index (χ0) is 13.2. The molecule has 0 aliphatic heterocycles. The highest BCUT2D eigenvalue weighted by Crippen LogP contribution is 2.30. The fraction of sp³-hybridized carbons (Fsp3) is 0. The molecule has 0 unspecified atom stereocenters. The molecular formula is C15H12IN3. The van der Waals surface area contributed by atoms with Gasteiger partial charge in [0.15, 0.2) is 0 Å². The second-order valence-electron chi connectivity index (χ2n) is 4.16. The molecule has 0 bridgehead atoms. The predicted molar refractivity (Wildman–Crippen MR) is 86.1 cm³/mol. The van der Waals surface area contributed by atoms with Gasteiger partial charge in [-0.05, 0) is 34.7 Å². The molecule has 0 fully saturated rings. The number of benzene rings is 2. The Morgan fingerprint density at radius 2 is 1.47 bits per heavy atom. The third kappa shape index (κ3) is 2.23. The molecule has 0 amide bonds. The lowest BCUT2D eigenvalue weighted by atomic mass is 10.2. The lowest BCUT2D eigenvalue weighted by molar-refractivity contribution is 0.895. The molecule has 2 N–H and O–H groups in total. The number of anilines is 1. The SMILES string of the molecule is Nc1c(I)c(-c2ccccc2)nn1-c1ccccc1. The summed E-state index contributed by atoms with van der Waals surface area (Å²) in [7, 11) is 0. The van der Waals surface area contributed by atoms with Crippen LogP contribution in [0.2, 0.25) is 0 Å². The summed E-state index contributed by atoms with van der Waals surface area (Å²) < 4.78 is 2.76. The van der Waals surface area contributed by atoms with Crippen molar-refractivity contribution in [1.29, 1.82) is 0 Å². The number of aromatic nitrogens is 2. The fourth-order valence-corrected chi connectivity index (χ4v) is 2.61. The third-order valence-electron chi connectivity index (χ3n) is 2.91. The van der Waals surface area contributed by atoms with Crippen molar-refractivity contribution in [3.05, 3.63) is 64.2 Å². The lowest BCUT2D eigenvalue weighted by Crippen LogP contribution is -2.01. The van der Waals surface area contributed by atoms with Crippen molar-refractivity contribution >= 4 is 28.4 Å². The van der Waals surface area contributed by atoms with E-state index in [1.165, 1.54) is 0 Å². The summed E-state index contributed by atoms with van der Waals surface area (Å²) >= 11 is 2.25. The summed E-state index contributed by atoms with van der Waals surface area (Å²) in [6, 6.07) is 20.0. The van der Waals surface area contributed by atoms with E-state index in [4.69, 9.17) is 5.73 Å². The minimum absolute atomic E-state index is 0.672. The van der Waals surface area contributed by atoms with Gasteiger partial charge in [0.25, 0.3) is 0 Å². The Hall–Kier alpha value is -1.82. The molecule has 1 heterocycles. The highest BCUT2D eigenvalue weighted by Gasteiger charge is 2.15. The topological polar surface area (TPSA) is 43.8 Å². The van der Waals surface area contributed by atoms with Crippen molar-refractivity contribution in [3.63, 3.8) is 0 Å². The molecule has 0 spiro atoms. The Morgan fingerprint density at radius 1 is 0.895 bits per heavy atom. The predicted octanol–water partition coefficient (Wildman–Crippen LogP) is 3.73. The Labute approximate surface area is 125 Å². The summed E-state index contributed by atoms with van der Waals surface area (Å²) in [5.41, 5.74) is 9.13. The van der Waals surface area contributed by atoms with Crippen LogP contribution in [-0.2, 0) is 0 Å². The molecule has 3 rings (SSSR count). The lowest BCUT2D eigenvalue weighted by Gasteiger charge is -2.02. The second kappa shape index (κ2) is 5.05. The van der Waals surface area contributed by atoms with Crippen LogP contribution in [0, 0.1) is 3.57 Å². The first-order chi connectivity index (χ1) is 9.27. The van der Waals surface area contributed by atoms with Gasteiger partial charge in [-0.3, -0.25) is 0 Å². The average Bonchev–Trinajstić information content (AvgIpc) is 2.77. The molecular weight excluding hydrogens is 349 g/mol. The number of nitrogens with zero attached hydrogens (tertiary/aromatic N) is 2. The van der Waals surface area contributed by atoms with Gasteiger partial charge in [0.05, 0.1) is 9.26 Å². The van der Waals surface area contributed by atoms with Crippen molar-refractivity contribution in [2.24, 2.45) is 0 Å². The van der Waals surface area contributed by atoms with Crippen LogP contribution in [0.4, 0.5) is 5.82 Å². The molecule has 94 valence electrons. The molecule has 19 heavy (non-hydrogen) atoms. The van der Waals surface area contributed by atoms with E-state index in [9.17, 15) is 0 Å². The molecule has 1 aromatic heterocycles. The molecule has 0 aliphatic rings. The Morgan fingerprint density at radius 3 is 2.11 bits per heavy atom. The van der Waals surface area contributed by atoms with Gasteiger partial charge >= 0.3 is 0 Å². The maximum absolute atomic E-state index is 6.17. The second-order valence-corrected chi connectivity index (χ2v) is 5.24. The quantitative estimate of drug-likeness (QED) is 0.707. The van der Waals surface area contributed by atoms with Crippen molar-refractivity contribution < 1.29 is 0 Å². The molecule has 2 aromatic carbocycles. The van der Waals surface area contributed by atoms with E-state index in [1.807, 2.05) is 60.7 Å². The summed E-state index contributed by atoms with van der Waals surface area (Å²) in [5.74, 6) is 0.672. The van der Waals surface area contributed by atoms with Gasteiger partial charge in [-0.25, -0.2) is 4.68 Å². The highest BCUT2D eigenvalue weighted by atomic mass is 127. The number of halogens is 1. The Bertz CT molecular complexity index is 630. The normalized spacial score (nSPS) is 10.6. The number of nitrogen functional groups attached to an aromatic ring is 1. The first-order valence-electron chi connectivity index (χ1n) is 5.92. The maximum atomic E-state index is 6.17. The molecule has 4 heteroatoms. The van der Waals surface area contributed by atoms with Gasteiger partial charge in [0.1, 0.15) is 11.5 Å². The minimum Gasteiger partial charge on any atom is -0.383 e. The molecule has 0 radical (unpaired) electrons. The van der Waals surface area contributed by atoms with E-state index in [1.54, 1.807) is 4.68 Å². The van der Waals surface area contributed by atoms with Crippen LogP contribution < -0.4 is 5.73 Å². The zero-order valence-electron chi connectivity index (χ0n) is 10.1. The largest absolute Gasteiger partial charge is 0.383 e. The monoisotopic (exact) mass is 361 g/mol. The van der Waals surface area contributed by atoms with Crippen LogP contribution >= 0.6 is 22.6 Å². The molecule has 3 aromatic rings. The third-order valence-corrected chi connectivity index (χ3v) is 3.97. The number of para-hydroxylation sites is 1. The van der Waals surface area contributed by atoms with Gasteiger partial charge in [-0.2, -0.15) is 5.10 Å². The van der Waals surface area contributed by atoms with Crippen LogP contribution in [0.25, 0.3) is 16.9 Å². The standard InChI is InChI=1S/C15H12IN3/c16-13-14(11-7-3-1-4-8-11)18-19(15(13)17)12-9-5-2-6-10-12/h1-10H,17H2. The highest BCUT2D eigenvalue weighted by molar-refractivity contribution is 14.1. The first kappa shape index (κ1) is 12.2. The van der Waals surface area contributed by atoms with Gasteiger partial charge < -0.3 is 5.73 Å². The van der Waals surface area contributed by atoms with E-state index in [2.05, 4.69) is 27.7 Å². The van der Waals surface area contributed by atoms with E-state index in [0.29, 0.717) is 5.82 Å². The zero-order valence-corrected chi connectivity index (χ0v) is 12.3. The smallest absolute Gasteiger partial charge is 0.141 e. The van der Waals surface area contributed by atoms with E-state index in [-0.39, 0.29) is 0 Å². The van der Waals surface area contributed by atoms with Gasteiger partial charge in [-0.15, -0.1) is 0 Å². The van der Waals surface area contributed by atoms with Crippen LogP contribution in [0.1, 0.15) is 0 Å². The summed E-state index contributed by atoms with van der Waals surface area (Å²) in [5, 5.41) is 4.63. The first-order valence-corrected chi connectivity index (χ1v) is 7.00. The summed E-state index contributed by atoms with van der Waals surface area (Å²) in [6.07, 6.45) is 0. The average molecular weight is 361 g/mol. The van der Waals surface area contributed by atoms with Crippen LogP contribution in [0.3, 0.4) is 0 Å². The fourth-order valence-electron chi connectivity index (χ4n) is 1.96. The van der Waals surface area contributed by atoms with E-state index in [0.717, 1.165) is 20.5 Å². The molecule has 0 atom stereocenters. The molecule has 0 saturated carbocycles. The number of hydrogen-bond donors (Lipinski definition) is 1. The van der Waals surface area contributed by atoms with Gasteiger partial charge in [0, 0.05) is 5.56 Å². The molecule has 0 saturated heterocycles. The number of hydrogen-bond acceptors (Lipinski definition) is 2. The molecule has 3 nitrogen and oxygen atoms in total. The van der Waals surface area contributed by atoms with Crippen LogP contribution in [-0.4, -0.2) is 9.78 Å². The summed E-state index contributed by atoms with van der Waals surface area (Å²) in [4.78, 5) is 0. The number of rotatable bonds is 2.